The first-order valence-electron chi connectivity index (χ1n) is 19.5. The Labute approximate surface area is 322 Å². The molecule has 8 atom stereocenters. The van der Waals surface area contributed by atoms with Crippen molar-refractivity contribution in [3.05, 3.63) is 11.1 Å². The van der Waals surface area contributed by atoms with Gasteiger partial charge < -0.3 is 48.3 Å². The maximum Gasteiger partial charge on any atom is 0.508 e. The number of unbranched alkanes of at least 4 members (excludes halogenated alkanes) is 1. The third-order valence-electron chi connectivity index (χ3n) is 12.8. The third kappa shape index (κ3) is 8.43. The smallest absolute Gasteiger partial charge is 0.458 e. The summed E-state index contributed by atoms with van der Waals surface area (Å²) in [5.74, 6) is 1.00. The minimum Gasteiger partial charge on any atom is -0.458 e. The molecule has 0 radical (unpaired) electrons. The van der Waals surface area contributed by atoms with E-state index in [4.69, 9.17) is 37.9 Å². The van der Waals surface area contributed by atoms with Crippen molar-refractivity contribution in [2.75, 3.05) is 71.8 Å². The van der Waals surface area contributed by atoms with Crippen LogP contribution >= 0.6 is 21.6 Å². The molecule has 1 unspecified atom stereocenters. The Morgan fingerprint density at radius 2 is 1.75 bits per heavy atom. The van der Waals surface area contributed by atoms with E-state index in [0.29, 0.717) is 71.7 Å². The summed E-state index contributed by atoms with van der Waals surface area (Å²) in [5, 5.41) is 16.5. The van der Waals surface area contributed by atoms with Gasteiger partial charge in [0.25, 0.3) is 0 Å². The van der Waals surface area contributed by atoms with Gasteiger partial charge in [-0.1, -0.05) is 48.8 Å². The summed E-state index contributed by atoms with van der Waals surface area (Å²) < 4.78 is 46.5. The minimum atomic E-state index is -1.58. The molecule has 53 heavy (non-hydrogen) atoms. The fraction of sp³-hybridized carbons (Fsp3) is 0.868. The van der Waals surface area contributed by atoms with Crippen molar-refractivity contribution in [3.8, 4) is 0 Å². The first-order chi connectivity index (χ1) is 25.5. The molecule has 0 aromatic heterocycles. The Kier molecular flexibility index (Phi) is 13.7. The highest BCUT2D eigenvalue weighted by Crippen LogP contribution is 2.67. The fourth-order valence-corrected chi connectivity index (χ4v) is 12.5. The number of esters is 1. The molecular weight excluding hydrogens is 727 g/mol. The molecule has 302 valence electrons. The molecule has 4 heterocycles. The third-order valence-corrected chi connectivity index (χ3v) is 15.8. The van der Waals surface area contributed by atoms with E-state index in [0.717, 1.165) is 29.2 Å². The topological polar surface area (TPSA) is 161 Å². The number of amides is 1. The molecule has 3 saturated heterocycles. The highest BCUT2D eigenvalue weighted by Gasteiger charge is 2.80. The Bertz CT molecular complexity index is 1350. The molecule has 6 aliphatic rings. The Morgan fingerprint density at radius 1 is 1.02 bits per heavy atom. The van der Waals surface area contributed by atoms with Crippen LogP contribution in [0.5, 0.6) is 0 Å². The molecule has 2 aliphatic carbocycles. The quantitative estimate of drug-likeness (QED) is 0.0778. The summed E-state index contributed by atoms with van der Waals surface area (Å²) in [6.07, 6.45) is 4.87. The second-order valence-corrected chi connectivity index (χ2v) is 18.6. The Hall–Kier alpha value is -1.59. The van der Waals surface area contributed by atoms with Crippen LogP contribution in [0.4, 0.5) is 4.79 Å². The molecular formula is C38H61NO12S2. The average Bonchev–Trinajstić information content (AvgIpc) is 3.42. The number of hydrogen-bond donors (Lipinski definition) is 2. The first kappa shape index (κ1) is 41.1. The van der Waals surface area contributed by atoms with E-state index in [1.54, 1.807) is 0 Å². The molecule has 2 N–H and O–H groups in total. The predicted molar refractivity (Wildman–Crippen MR) is 201 cm³/mol. The highest BCUT2D eigenvalue weighted by atomic mass is 33.1. The zero-order chi connectivity index (χ0) is 37.7. The van der Waals surface area contributed by atoms with Crippen LogP contribution in [0.1, 0.15) is 86.9 Å². The van der Waals surface area contributed by atoms with Gasteiger partial charge in [-0.05, 0) is 69.3 Å². The van der Waals surface area contributed by atoms with Crippen LogP contribution in [0.25, 0.3) is 0 Å². The van der Waals surface area contributed by atoms with E-state index in [9.17, 15) is 19.5 Å². The highest BCUT2D eigenvalue weighted by molar-refractivity contribution is 8.77. The second-order valence-electron chi connectivity index (χ2n) is 15.8. The van der Waals surface area contributed by atoms with Crippen LogP contribution in [0.3, 0.4) is 0 Å². The van der Waals surface area contributed by atoms with Crippen LogP contribution in [-0.2, 0) is 47.5 Å². The number of fused-ring (bicyclic) bond motifs is 5. The van der Waals surface area contributed by atoms with Crippen molar-refractivity contribution in [2.45, 2.75) is 120 Å². The van der Waals surface area contributed by atoms with Crippen LogP contribution in [0.2, 0.25) is 0 Å². The van der Waals surface area contributed by atoms with Crippen LogP contribution in [-0.4, -0.2) is 129 Å². The van der Waals surface area contributed by atoms with Crippen LogP contribution in [0, 0.1) is 17.3 Å². The van der Waals surface area contributed by atoms with Crippen molar-refractivity contribution in [2.24, 2.45) is 17.3 Å². The molecule has 1 amide bonds. The molecule has 6 rings (SSSR count). The predicted octanol–water partition coefficient (Wildman–Crippen LogP) is 5.01. The summed E-state index contributed by atoms with van der Waals surface area (Å²) in [6, 6.07) is 0. The van der Waals surface area contributed by atoms with E-state index in [1.807, 2.05) is 42.4 Å². The maximum atomic E-state index is 13.2. The lowest BCUT2D eigenvalue weighted by molar-refractivity contribution is -0.299. The first-order valence-corrected chi connectivity index (χ1v) is 21.9. The van der Waals surface area contributed by atoms with Gasteiger partial charge in [-0.15, -0.1) is 0 Å². The summed E-state index contributed by atoms with van der Waals surface area (Å²) in [7, 11) is 3.94. The normalized spacial score (nSPS) is 35.8. The van der Waals surface area contributed by atoms with E-state index < -0.39 is 34.5 Å². The SMILES string of the molecule is CC(C)[C@]12O[C@H]1CO[C@]1(C)[C@@]3(C)CCC4=C(COC4=O)[C@@H]3CC[C@@]1(O)[C@@H]2OC(=O)OCCOCCOCCOCCNC(=O)CCCCC1CCSS1.[HH]. The van der Waals surface area contributed by atoms with Crippen molar-refractivity contribution >= 4 is 39.6 Å². The number of carbonyl (C=O) groups excluding carboxylic acids is 3. The molecule has 0 spiro atoms. The zero-order valence-corrected chi connectivity index (χ0v) is 33.4. The minimum absolute atomic E-state index is 0. The summed E-state index contributed by atoms with van der Waals surface area (Å²) >= 11 is 0. The Morgan fingerprint density at radius 3 is 2.47 bits per heavy atom. The van der Waals surface area contributed by atoms with E-state index in [2.05, 4.69) is 12.2 Å². The molecule has 13 nitrogen and oxygen atoms in total. The molecule has 15 heteroatoms. The van der Waals surface area contributed by atoms with Gasteiger partial charge in [0.05, 0.1) is 46.2 Å². The van der Waals surface area contributed by atoms with Crippen molar-refractivity contribution in [3.63, 3.8) is 0 Å². The van der Waals surface area contributed by atoms with Gasteiger partial charge >= 0.3 is 12.1 Å². The standard InChI is InChI=1S/C38H59NO12S2.H2/c1-25(2)38-30(51-38)24-49-36(4)35(3)12-9-27-28(23-48-32(27)41)29(35)10-13-37(36,43)33(38)50-34(42)47-21-20-46-19-18-45-17-16-44-15-14-39-31(40)8-6-5-7-26-11-22-52-53-26;/h25-26,29-30,33,43H,5-24H2,1-4H3,(H,39,40);1H/t26?,29-,30-,33-,35-,36+,37+,38-;/m0./s1. The van der Waals surface area contributed by atoms with Crippen molar-refractivity contribution < 1.29 is 58.8 Å². The molecule has 4 aliphatic heterocycles. The number of aliphatic hydroxyl groups is 1. The molecule has 0 bridgehead atoms. The van der Waals surface area contributed by atoms with Gasteiger partial charge in [0, 0.05) is 36.4 Å². The van der Waals surface area contributed by atoms with Gasteiger partial charge in [0.1, 0.15) is 36.1 Å². The Balaban J connectivity index is 0.00000561. The number of cyclic esters (lactones) is 1. The lowest BCUT2D eigenvalue weighted by atomic mass is 9.47. The fourth-order valence-electron chi connectivity index (χ4n) is 9.45. The zero-order valence-electron chi connectivity index (χ0n) is 31.8. The van der Waals surface area contributed by atoms with Gasteiger partial charge in [0.2, 0.25) is 5.91 Å². The van der Waals surface area contributed by atoms with Gasteiger partial charge in [-0.2, -0.15) is 0 Å². The number of epoxide rings is 1. The van der Waals surface area contributed by atoms with E-state index in [-0.39, 0.29) is 57.7 Å². The van der Waals surface area contributed by atoms with Crippen LogP contribution < -0.4 is 5.32 Å². The number of hydrogen-bond acceptors (Lipinski definition) is 14. The molecule has 4 fully saturated rings. The summed E-state index contributed by atoms with van der Waals surface area (Å²) in [5.41, 5.74) is -2.36. The second kappa shape index (κ2) is 17.7. The largest absolute Gasteiger partial charge is 0.508 e. The number of ether oxygens (including phenoxy) is 8. The lowest BCUT2D eigenvalue weighted by Crippen LogP contribution is -2.74. The number of rotatable bonds is 19. The summed E-state index contributed by atoms with van der Waals surface area (Å²) in [4.78, 5) is 37.6. The molecule has 1 saturated carbocycles. The van der Waals surface area contributed by atoms with Crippen LogP contribution in [0.15, 0.2) is 11.1 Å². The average molecular weight is 788 g/mol. The van der Waals surface area contributed by atoms with Crippen molar-refractivity contribution in [1.82, 2.24) is 5.32 Å². The lowest BCUT2D eigenvalue weighted by Gasteiger charge is -2.63. The molecule has 0 aromatic rings. The maximum absolute atomic E-state index is 13.2. The van der Waals surface area contributed by atoms with Gasteiger partial charge in [-0.25, -0.2) is 9.59 Å². The summed E-state index contributed by atoms with van der Waals surface area (Å²) in [6.45, 7) is 11.1. The number of nitrogens with one attached hydrogen (secondary N) is 1. The monoisotopic (exact) mass is 787 g/mol. The van der Waals surface area contributed by atoms with E-state index >= 15 is 0 Å². The van der Waals surface area contributed by atoms with Crippen molar-refractivity contribution in [1.29, 1.82) is 0 Å². The number of carbonyl (C=O) groups is 3. The molecule has 0 aromatic carbocycles. The van der Waals surface area contributed by atoms with Gasteiger partial charge in [0.15, 0.2) is 6.10 Å². The van der Waals surface area contributed by atoms with E-state index in [1.165, 1.54) is 18.6 Å². The van der Waals surface area contributed by atoms with Gasteiger partial charge in [-0.3, -0.25) is 4.79 Å².